The fourth-order valence-corrected chi connectivity index (χ4v) is 2.70. The number of anilines is 1. The van der Waals surface area contributed by atoms with Gasteiger partial charge >= 0.3 is 12.0 Å². The van der Waals surface area contributed by atoms with Crippen molar-refractivity contribution in [3.05, 3.63) is 22.7 Å². The predicted octanol–water partition coefficient (Wildman–Crippen LogP) is 2.79. The first-order chi connectivity index (χ1) is 10.0. The molecular formula is C14H17BrN2O4. The molecule has 7 heteroatoms. The average Bonchev–Trinajstić information content (AvgIpc) is 2.47. The molecule has 1 atom stereocenters. The number of halogens is 1. The number of hydrogen-bond acceptors (Lipinski definition) is 3. The molecule has 0 radical (unpaired) electrons. The highest BCUT2D eigenvalue weighted by atomic mass is 79.9. The lowest BCUT2D eigenvalue weighted by Crippen LogP contribution is -2.44. The van der Waals surface area contributed by atoms with E-state index in [9.17, 15) is 9.59 Å². The minimum Gasteiger partial charge on any atom is -0.495 e. The number of carbonyl (C=O) groups is 2. The Morgan fingerprint density at radius 3 is 2.90 bits per heavy atom. The summed E-state index contributed by atoms with van der Waals surface area (Å²) in [4.78, 5) is 24.8. The molecule has 2 rings (SSSR count). The number of amides is 2. The van der Waals surface area contributed by atoms with Crippen LogP contribution in [0, 0.1) is 5.92 Å². The van der Waals surface area contributed by atoms with Crippen molar-refractivity contribution >= 4 is 33.6 Å². The molecule has 0 aliphatic carbocycles. The van der Waals surface area contributed by atoms with Crippen molar-refractivity contribution in [2.75, 3.05) is 25.5 Å². The first-order valence-corrected chi connectivity index (χ1v) is 7.43. The summed E-state index contributed by atoms with van der Waals surface area (Å²) in [5, 5.41) is 11.8. The number of nitrogens with one attached hydrogen (secondary N) is 1. The molecule has 1 aliphatic heterocycles. The SMILES string of the molecule is COc1ccc(Br)cc1NC(=O)N1CCCC(C(=O)O)C1. The van der Waals surface area contributed by atoms with E-state index in [4.69, 9.17) is 9.84 Å². The number of nitrogens with zero attached hydrogens (tertiary/aromatic N) is 1. The van der Waals surface area contributed by atoms with Gasteiger partial charge in [-0.05, 0) is 31.0 Å². The maximum absolute atomic E-state index is 12.3. The molecule has 1 aromatic rings. The third-order valence-electron chi connectivity index (χ3n) is 3.46. The van der Waals surface area contributed by atoms with E-state index in [0.717, 1.165) is 4.47 Å². The molecule has 1 aromatic carbocycles. The van der Waals surface area contributed by atoms with E-state index in [0.29, 0.717) is 30.8 Å². The van der Waals surface area contributed by atoms with E-state index in [1.807, 2.05) is 6.07 Å². The van der Waals surface area contributed by atoms with Crippen LogP contribution in [0.2, 0.25) is 0 Å². The number of aliphatic carboxylic acids is 1. The second kappa shape index (κ2) is 6.80. The maximum Gasteiger partial charge on any atom is 0.321 e. The summed E-state index contributed by atoms with van der Waals surface area (Å²) in [5.74, 6) is -0.792. The predicted molar refractivity (Wildman–Crippen MR) is 81.6 cm³/mol. The molecule has 6 nitrogen and oxygen atoms in total. The fourth-order valence-electron chi connectivity index (χ4n) is 2.34. The van der Waals surface area contributed by atoms with Gasteiger partial charge in [-0.25, -0.2) is 4.79 Å². The number of piperidine rings is 1. The van der Waals surface area contributed by atoms with Gasteiger partial charge < -0.3 is 20.1 Å². The molecule has 1 saturated heterocycles. The number of methoxy groups -OCH3 is 1. The van der Waals surface area contributed by atoms with Crippen molar-refractivity contribution in [2.24, 2.45) is 5.92 Å². The number of carbonyl (C=O) groups excluding carboxylic acids is 1. The summed E-state index contributed by atoms with van der Waals surface area (Å²) in [6.45, 7) is 0.795. The summed E-state index contributed by atoms with van der Waals surface area (Å²) in [7, 11) is 1.53. The van der Waals surface area contributed by atoms with Gasteiger partial charge in [-0.2, -0.15) is 0 Å². The van der Waals surface area contributed by atoms with Gasteiger partial charge in [0.15, 0.2) is 0 Å². The number of hydrogen-bond donors (Lipinski definition) is 2. The highest BCUT2D eigenvalue weighted by Crippen LogP contribution is 2.28. The Morgan fingerprint density at radius 2 is 2.24 bits per heavy atom. The molecule has 114 valence electrons. The zero-order chi connectivity index (χ0) is 15.4. The minimum atomic E-state index is -0.854. The van der Waals surface area contributed by atoms with Crippen LogP contribution in [0.3, 0.4) is 0 Å². The van der Waals surface area contributed by atoms with E-state index < -0.39 is 11.9 Å². The van der Waals surface area contributed by atoms with Crippen LogP contribution < -0.4 is 10.1 Å². The number of urea groups is 1. The van der Waals surface area contributed by atoms with Crippen molar-refractivity contribution in [3.8, 4) is 5.75 Å². The van der Waals surface area contributed by atoms with Crippen molar-refractivity contribution in [3.63, 3.8) is 0 Å². The lowest BCUT2D eigenvalue weighted by atomic mass is 9.99. The van der Waals surface area contributed by atoms with E-state index in [1.165, 1.54) is 12.0 Å². The molecule has 21 heavy (non-hydrogen) atoms. The van der Waals surface area contributed by atoms with E-state index in [2.05, 4.69) is 21.2 Å². The molecule has 0 aromatic heterocycles. The van der Waals surface area contributed by atoms with Gasteiger partial charge in [-0.1, -0.05) is 15.9 Å². The standard InChI is InChI=1S/C14H17BrN2O4/c1-21-12-5-4-10(15)7-11(12)16-14(20)17-6-2-3-9(8-17)13(18)19/h4-5,7,9H,2-3,6,8H2,1H3,(H,16,20)(H,18,19). The quantitative estimate of drug-likeness (QED) is 0.872. The minimum absolute atomic E-state index is 0.234. The van der Waals surface area contributed by atoms with Crippen LogP contribution in [0.5, 0.6) is 5.75 Å². The van der Waals surface area contributed by atoms with Gasteiger partial charge in [-0.15, -0.1) is 0 Å². The molecule has 0 spiro atoms. The molecule has 1 fully saturated rings. The van der Waals surface area contributed by atoms with Gasteiger partial charge in [-0.3, -0.25) is 4.79 Å². The fraction of sp³-hybridized carbons (Fsp3) is 0.429. The van der Waals surface area contributed by atoms with Crippen molar-refractivity contribution in [1.82, 2.24) is 4.90 Å². The first kappa shape index (κ1) is 15.6. The van der Waals surface area contributed by atoms with Crippen LogP contribution in [-0.4, -0.2) is 42.2 Å². The molecule has 1 aliphatic rings. The topological polar surface area (TPSA) is 78.9 Å². The molecule has 0 bridgehead atoms. The Kier molecular flexibility index (Phi) is 5.06. The lowest BCUT2D eigenvalue weighted by Gasteiger charge is -2.30. The second-order valence-electron chi connectivity index (χ2n) is 4.90. The Hall–Kier alpha value is -1.76. The number of rotatable bonds is 3. The highest BCUT2D eigenvalue weighted by molar-refractivity contribution is 9.10. The number of carboxylic acids is 1. The summed E-state index contributed by atoms with van der Waals surface area (Å²) >= 11 is 3.34. The number of likely N-dealkylation sites (tertiary alicyclic amines) is 1. The third kappa shape index (κ3) is 3.87. The third-order valence-corrected chi connectivity index (χ3v) is 3.95. The average molecular weight is 357 g/mol. The number of ether oxygens (including phenoxy) is 1. The first-order valence-electron chi connectivity index (χ1n) is 6.63. The molecular weight excluding hydrogens is 340 g/mol. The van der Waals surface area contributed by atoms with Crippen LogP contribution in [-0.2, 0) is 4.79 Å². The molecule has 1 heterocycles. The van der Waals surface area contributed by atoms with Crippen molar-refractivity contribution in [2.45, 2.75) is 12.8 Å². The lowest BCUT2D eigenvalue weighted by molar-refractivity contribution is -0.143. The summed E-state index contributed by atoms with van der Waals surface area (Å²) < 4.78 is 6.02. The van der Waals surface area contributed by atoms with E-state index in [1.54, 1.807) is 12.1 Å². The van der Waals surface area contributed by atoms with Crippen molar-refractivity contribution in [1.29, 1.82) is 0 Å². The Bertz CT molecular complexity index is 550. The smallest absolute Gasteiger partial charge is 0.321 e. The summed E-state index contributed by atoms with van der Waals surface area (Å²) in [5.41, 5.74) is 0.550. The zero-order valence-corrected chi connectivity index (χ0v) is 13.2. The monoisotopic (exact) mass is 356 g/mol. The molecule has 0 saturated carbocycles. The second-order valence-corrected chi connectivity index (χ2v) is 5.81. The van der Waals surface area contributed by atoms with E-state index >= 15 is 0 Å². The maximum atomic E-state index is 12.3. The van der Waals surface area contributed by atoms with Crippen LogP contribution in [0.1, 0.15) is 12.8 Å². The van der Waals surface area contributed by atoms with Gasteiger partial charge in [0.1, 0.15) is 5.75 Å². The highest BCUT2D eigenvalue weighted by Gasteiger charge is 2.28. The Balaban J connectivity index is 2.07. The van der Waals surface area contributed by atoms with Gasteiger partial charge in [0.05, 0.1) is 18.7 Å². The van der Waals surface area contributed by atoms with Crippen LogP contribution >= 0.6 is 15.9 Å². The van der Waals surface area contributed by atoms with Crippen LogP contribution in [0.4, 0.5) is 10.5 Å². The molecule has 2 amide bonds. The van der Waals surface area contributed by atoms with Gasteiger partial charge in [0, 0.05) is 17.6 Å². The summed E-state index contributed by atoms with van der Waals surface area (Å²) in [6.07, 6.45) is 1.30. The van der Waals surface area contributed by atoms with Crippen LogP contribution in [0.15, 0.2) is 22.7 Å². The normalized spacial score (nSPS) is 18.2. The van der Waals surface area contributed by atoms with E-state index in [-0.39, 0.29) is 12.6 Å². The molecule has 1 unspecified atom stereocenters. The number of carboxylic acid groups (broad SMARTS) is 1. The van der Waals surface area contributed by atoms with Crippen molar-refractivity contribution < 1.29 is 19.4 Å². The Morgan fingerprint density at radius 1 is 1.48 bits per heavy atom. The number of benzene rings is 1. The van der Waals surface area contributed by atoms with Gasteiger partial charge in [0.2, 0.25) is 0 Å². The molecule has 2 N–H and O–H groups in total. The zero-order valence-electron chi connectivity index (χ0n) is 11.6. The van der Waals surface area contributed by atoms with Gasteiger partial charge in [0.25, 0.3) is 0 Å². The largest absolute Gasteiger partial charge is 0.495 e. The summed E-state index contributed by atoms with van der Waals surface area (Å²) in [6, 6.07) is 5.00. The van der Waals surface area contributed by atoms with Crippen LogP contribution in [0.25, 0.3) is 0 Å². The Labute approximate surface area is 131 Å².